The third kappa shape index (κ3) is 5.17. The molecule has 15 heavy (non-hydrogen) atoms. The number of hydrogen-bond acceptors (Lipinski definition) is 1. The van der Waals surface area contributed by atoms with Gasteiger partial charge in [0.1, 0.15) is 6.04 Å². The van der Waals surface area contributed by atoms with E-state index in [1.807, 2.05) is 37.4 Å². The smallest absolute Gasteiger partial charge is 0.192 e. The fraction of sp³-hybridized carbons (Fsp3) is 0.500. The molecule has 0 fully saturated rings. The summed E-state index contributed by atoms with van der Waals surface area (Å²) in [5, 5.41) is 11.7. The predicted octanol–water partition coefficient (Wildman–Crippen LogP) is -1.57. The van der Waals surface area contributed by atoms with E-state index in [0.29, 0.717) is 6.04 Å². The average Bonchev–Trinajstić information content (AvgIpc) is 2.14. The van der Waals surface area contributed by atoms with Gasteiger partial charge in [-0.3, -0.25) is 0 Å². The Morgan fingerprint density at radius 1 is 1.27 bits per heavy atom. The Morgan fingerprint density at radius 3 is 2.20 bits per heavy atom. The first-order valence-corrected chi connectivity index (χ1v) is 5.16. The molecule has 0 aliphatic rings. The van der Waals surface area contributed by atoms with Crippen molar-refractivity contribution in [1.29, 1.82) is 0 Å². The van der Waals surface area contributed by atoms with E-state index in [2.05, 4.69) is 19.1 Å². The van der Waals surface area contributed by atoms with Crippen LogP contribution in [0.2, 0.25) is 0 Å². The monoisotopic (exact) mass is 229 g/mol. The van der Waals surface area contributed by atoms with E-state index in [-0.39, 0.29) is 12.4 Å². The van der Waals surface area contributed by atoms with Gasteiger partial charge in [0.25, 0.3) is 0 Å². The molecule has 3 N–H and O–H groups in total. The van der Waals surface area contributed by atoms with Crippen LogP contribution in [0.4, 0.5) is 0 Å². The molecule has 0 aliphatic carbocycles. The van der Waals surface area contributed by atoms with Gasteiger partial charge in [0.05, 0.1) is 0 Å². The molecule has 3 heteroatoms. The minimum absolute atomic E-state index is 0. The van der Waals surface area contributed by atoms with Crippen LogP contribution in [0.25, 0.3) is 0 Å². The number of hydrogen-bond donors (Lipinski definition) is 2. The first-order chi connectivity index (χ1) is 6.53. The lowest BCUT2D eigenvalue weighted by molar-refractivity contribution is -0.792. The molecule has 0 saturated heterocycles. The van der Waals surface area contributed by atoms with E-state index in [1.54, 1.807) is 0 Å². The van der Waals surface area contributed by atoms with Gasteiger partial charge in [-0.25, -0.2) is 0 Å². The van der Waals surface area contributed by atoms with Gasteiger partial charge in [0.2, 0.25) is 0 Å². The minimum atomic E-state index is -0.698. The SMILES string of the molecule is CCC([NH2+]C(C)(C)O)c1ccccc1.[Cl-]. The Hall–Kier alpha value is -0.570. The predicted molar refractivity (Wildman–Crippen MR) is 57.7 cm³/mol. The van der Waals surface area contributed by atoms with E-state index in [4.69, 9.17) is 0 Å². The Kier molecular flexibility index (Phi) is 5.88. The molecule has 0 spiro atoms. The van der Waals surface area contributed by atoms with Crippen molar-refractivity contribution < 1.29 is 22.8 Å². The van der Waals surface area contributed by atoms with E-state index in [9.17, 15) is 5.11 Å². The zero-order chi connectivity index (χ0) is 10.6. The maximum Gasteiger partial charge on any atom is 0.192 e. The minimum Gasteiger partial charge on any atom is -1.00 e. The van der Waals surface area contributed by atoms with Crippen LogP contribution < -0.4 is 17.7 Å². The normalized spacial score (nSPS) is 13.1. The van der Waals surface area contributed by atoms with Crippen LogP contribution in [-0.4, -0.2) is 10.8 Å². The summed E-state index contributed by atoms with van der Waals surface area (Å²) < 4.78 is 0. The highest BCUT2D eigenvalue weighted by atomic mass is 35.5. The van der Waals surface area contributed by atoms with Crippen molar-refractivity contribution in [3.05, 3.63) is 35.9 Å². The van der Waals surface area contributed by atoms with Crippen molar-refractivity contribution in [1.82, 2.24) is 0 Å². The fourth-order valence-corrected chi connectivity index (χ4v) is 1.64. The largest absolute Gasteiger partial charge is 1.00 e. The molecular weight excluding hydrogens is 210 g/mol. The van der Waals surface area contributed by atoms with Crippen LogP contribution in [0.1, 0.15) is 38.8 Å². The summed E-state index contributed by atoms with van der Waals surface area (Å²) in [6.07, 6.45) is 1.02. The molecule has 0 bridgehead atoms. The summed E-state index contributed by atoms with van der Waals surface area (Å²) in [5.41, 5.74) is 0.577. The molecule has 1 aromatic carbocycles. The molecular formula is C12H20ClNO. The summed E-state index contributed by atoms with van der Waals surface area (Å²) in [7, 11) is 0. The lowest BCUT2D eigenvalue weighted by atomic mass is 10.0. The molecule has 1 unspecified atom stereocenters. The number of halogens is 1. The van der Waals surface area contributed by atoms with Crippen molar-refractivity contribution in [2.45, 2.75) is 39.0 Å². The number of aliphatic hydroxyl groups is 1. The standard InChI is InChI=1S/C12H19NO.ClH/c1-4-11(13-12(2,3)14)10-8-6-5-7-9-10;/h5-9,11,13-14H,4H2,1-3H3;1H. The summed E-state index contributed by atoms with van der Waals surface area (Å²) in [6, 6.07) is 10.6. The van der Waals surface area contributed by atoms with Gasteiger partial charge in [-0.1, -0.05) is 37.3 Å². The van der Waals surface area contributed by atoms with Crippen molar-refractivity contribution >= 4 is 0 Å². The maximum absolute atomic E-state index is 9.72. The molecule has 0 radical (unpaired) electrons. The third-order valence-corrected chi connectivity index (χ3v) is 2.28. The van der Waals surface area contributed by atoms with Crippen LogP contribution in [0.5, 0.6) is 0 Å². The Balaban J connectivity index is 0.00000196. The number of nitrogens with two attached hydrogens (primary N) is 1. The van der Waals surface area contributed by atoms with Gasteiger partial charge in [-0.2, -0.15) is 0 Å². The summed E-state index contributed by atoms with van der Waals surface area (Å²) in [6.45, 7) is 5.77. The van der Waals surface area contributed by atoms with Crippen molar-refractivity contribution in [3.63, 3.8) is 0 Å². The second kappa shape index (κ2) is 6.11. The first kappa shape index (κ1) is 14.4. The Morgan fingerprint density at radius 2 is 1.80 bits per heavy atom. The van der Waals surface area contributed by atoms with Crippen LogP contribution in [0.3, 0.4) is 0 Å². The van der Waals surface area contributed by atoms with Gasteiger partial charge >= 0.3 is 0 Å². The lowest BCUT2D eigenvalue weighted by Crippen LogP contribution is -3.00. The quantitative estimate of drug-likeness (QED) is 0.602. The highest BCUT2D eigenvalue weighted by Gasteiger charge is 2.22. The van der Waals surface area contributed by atoms with E-state index >= 15 is 0 Å². The molecule has 0 aromatic heterocycles. The fourth-order valence-electron chi connectivity index (χ4n) is 1.64. The second-order valence-electron chi connectivity index (χ2n) is 4.25. The first-order valence-electron chi connectivity index (χ1n) is 5.16. The lowest BCUT2D eigenvalue weighted by Gasteiger charge is -2.23. The van der Waals surface area contributed by atoms with Crippen LogP contribution in [0, 0.1) is 0 Å². The average molecular weight is 230 g/mol. The van der Waals surface area contributed by atoms with Gasteiger partial charge in [0.15, 0.2) is 5.72 Å². The molecule has 0 amide bonds. The number of benzene rings is 1. The number of quaternary nitrogens is 1. The zero-order valence-corrected chi connectivity index (χ0v) is 10.3. The highest BCUT2D eigenvalue weighted by Crippen LogP contribution is 2.12. The van der Waals surface area contributed by atoms with Gasteiger partial charge in [-0.05, 0) is 0 Å². The van der Waals surface area contributed by atoms with Gasteiger partial charge < -0.3 is 22.8 Å². The molecule has 1 atom stereocenters. The molecule has 0 aliphatic heterocycles. The second-order valence-corrected chi connectivity index (χ2v) is 4.25. The molecule has 1 rings (SSSR count). The summed E-state index contributed by atoms with van der Waals surface area (Å²) >= 11 is 0. The Bertz CT molecular complexity index is 269. The van der Waals surface area contributed by atoms with E-state index < -0.39 is 5.72 Å². The van der Waals surface area contributed by atoms with Crippen molar-refractivity contribution in [3.8, 4) is 0 Å². The molecule has 0 saturated carbocycles. The molecule has 2 nitrogen and oxygen atoms in total. The van der Waals surface area contributed by atoms with Crippen molar-refractivity contribution in [2.24, 2.45) is 0 Å². The molecule has 0 heterocycles. The number of rotatable bonds is 4. The Labute approximate surface area is 98.1 Å². The van der Waals surface area contributed by atoms with E-state index in [1.165, 1.54) is 5.56 Å². The zero-order valence-electron chi connectivity index (χ0n) is 9.57. The van der Waals surface area contributed by atoms with Crippen LogP contribution in [-0.2, 0) is 0 Å². The molecule has 1 aromatic rings. The maximum atomic E-state index is 9.72. The molecule has 86 valence electrons. The highest BCUT2D eigenvalue weighted by molar-refractivity contribution is 5.16. The summed E-state index contributed by atoms with van der Waals surface area (Å²) in [5.74, 6) is 0. The van der Waals surface area contributed by atoms with Crippen LogP contribution >= 0.6 is 0 Å². The summed E-state index contributed by atoms with van der Waals surface area (Å²) in [4.78, 5) is 0. The van der Waals surface area contributed by atoms with Crippen molar-refractivity contribution in [2.75, 3.05) is 0 Å². The van der Waals surface area contributed by atoms with E-state index in [0.717, 1.165) is 6.42 Å². The third-order valence-electron chi connectivity index (χ3n) is 2.28. The van der Waals surface area contributed by atoms with Crippen LogP contribution in [0.15, 0.2) is 30.3 Å². The van der Waals surface area contributed by atoms with Gasteiger partial charge in [-0.15, -0.1) is 0 Å². The van der Waals surface area contributed by atoms with Gasteiger partial charge in [0, 0.05) is 25.8 Å². The topological polar surface area (TPSA) is 36.8 Å².